The molecule has 3 atom stereocenters. The van der Waals surface area contributed by atoms with Crippen molar-refractivity contribution in [2.75, 3.05) is 0 Å². The van der Waals surface area contributed by atoms with Gasteiger partial charge in [0.1, 0.15) is 0 Å². The second kappa shape index (κ2) is 8.56. The number of rotatable bonds is 6. The Morgan fingerprint density at radius 3 is 2.53 bits per heavy atom. The molecule has 1 rings (SSSR count). The lowest BCUT2D eigenvalue weighted by atomic mass is 9.99. The summed E-state index contributed by atoms with van der Waals surface area (Å²) < 4.78 is 0. The lowest BCUT2D eigenvalue weighted by Crippen LogP contribution is -2.48. The molecule has 0 aromatic carbocycles. The molecule has 0 aliphatic heterocycles. The first kappa shape index (κ1) is 18.4. The predicted molar refractivity (Wildman–Crippen MR) is 85.0 cm³/mol. The van der Waals surface area contributed by atoms with E-state index < -0.39 is 6.04 Å². The van der Waals surface area contributed by atoms with Crippen molar-refractivity contribution < 1.29 is 4.79 Å². The molecule has 0 aliphatic carbocycles. The topological polar surface area (TPSA) is 55.1 Å². The van der Waals surface area contributed by atoms with E-state index in [1.165, 1.54) is 9.75 Å². The van der Waals surface area contributed by atoms with Crippen LogP contribution in [0.4, 0.5) is 0 Å². The highest BCUT2D eigenvalue weighted by Gasteiger charge is 2.20. The number of hydrogen-bond acceptors (Lipinski definition) is 3. The van der Waals surface area contributed by atoms with E-state index in [0.717, 1.165) is 12.8 Å². The minimum absolute atomic E-state index is 0. The molecular formula is C14H25ClN2OS. The Balaban J connectivity index is 0.00000324. The number of carbonyl (C=O) groups is 1. The molecule has 0 spiro atoms. The fraction of sp³-hybridized carbons (Fsp3) is 0.643. The summed E-state index contributed by atoms with van der Waals surface area (Å²) in [5, 5.41) is 3.00. The molecule has 1 heterocycles. The molecule has 3 nitrogen and oxygen atoms in total. The van der Waals surface area contributed by atoms with Gasteiger partial charge in [-0.1, -0.05) is 20.3 Å². The van der Waals surface area contributed by atoms with Crippen molar-refractivity contribution in [1.82, 2.24) is 5.32 Å². The van der Waals surface area contributed by atoms with Crippen LogP contribution in [0.25, 0.3) is 0 Å². The molecule has 5 heteroatoms. The Labute approximate surface area is 126 Å². The van der Waals surface area contributed by atoms with Gasteiger partial charge in [-0.2, -0.15) is 0 Å². The van der Waals surface area contributed by atoms with E-state index in [4.69, 9.17) is 5.73 Å². The van der Waals surface area contributed by atoms with Crippen LogP contribution in [0.5, 0.6) is 0 Å². The zero-order valence-corrected chi connectivity index (χ0v) is 13.7. The second-order valence-electron chi connectivity index (χ2n) is 5.04. The van der Waals surface area contributed by atoms with Crippen molar-refractivity contribution >= 4 is 29.7 Å². The van der Waals surface area contributed by atoms with Gasteiger partial charge in [-0.05, 0) is 31.9 Å². The molecule has 1 amide bonds. The van der Waals surface area contributed by atoms with Crippen LogP contribution < -0.4 is 11.1 Å². The smallest absolute Gasteiger partial charge is 0.237 e. The average Bonchev–Trinajstić information content (AvgIpc) is 2.72. The highest BCUT2D eigenvalue weighted by molar-refractivity contribution is 7.11. The van der Waals surface area contributed by atoms with Crippen LogP contribution in [0.2, 0.25) is 0 Å². The summed E-state index contributed by atoms with van der Waals surface area (Å²) in [6.45, 7) is 8.18. The summed E-state index contributed by atoms with van der Waals surface area (Å²) in [6, 6.07) is 3.96. The van der Waals surface area contributed by atoms with E-state index in [1.54, 1.807) is 11.3 Å². The van der Waals surface area contributed by atoms with E-state index in [0.29, 0.717) is 0 Å². The maximum absolute atomic E-state index is 11.9. The number of thiophene rings is 1. The highest BCUT2D eigenvalue weighted by Crippen LogP contribution is 2.16. The van der Waals surface area contributed by atoms with Crippen molar-refractivity contribution in [3.8, 4) is 0 Å². The van der Waals surface area contributed by atoms with E-state index >= 15 is 0 Å². The third-order valence-corrected chi connectivity index (χ3v) is 4.27. The number of aryl methyl sites for hydroxylation is 1. The van der Waals surface area contributed by atoms with Crippen molar-refractivity contribution in [2.24, 2.45) is 11.7 Å². The molecule has 0 fully saturated rings. The average molecular weight is 305 g/mol. The van der Waals surface area contributed by atoms with Gasteiger partial charge in [0.15, 0.2) is 0 Å². The number of nitrogens with one attached hydrogen (secondary N) is 1. The Kier molecular flexibility index (Phi) is 8.30. The summed E-state index contributed by atoms with van der Waals surface area (Å²) in [5.74, 6) is 0.186. The first-order valence-electron chi connectivity index (χ1n) is 6.55. The molecule has 0 aliphatic rings. The molecule has 3 unspecified atom stereocenters. The van der Waals surface area contributed by atoms with E-state index in [9.17, 15) is 4.79 Å². The normalized spacial score (nSPS) is 15.2. The molecular weight excluding hydrogens is 280 g/mol. The molecule has 3 N–H and O–H groups in total. The van der Waals surface area contributed by atoms with Crippen molar-refractivity contribution in [1.29, 1.82) is 0 Å². The number of nitrogens with two attached hydrogens (primary N) is 1. The van der Waals surface area contributed by atoms with E-state index in [2.05, 4.69) is 31.3 Å². The van der Waals surface area contributed by atoms with E-state index in [-0.39, 0.29) is 30.3 Å². The minimum Gasteiger partial charge on any atom is -0.352 e. The van der Waals surface area contributed by atoms with Crippen molar-refractivity contribution in [2.45, 2.75) is 52.6 Å². The van der Waals surface area contributed by atoms with Crippen LogP contribution in [0, 0.1) is 12.8 Å². The fourth-order valence-electron chi connectivity index (χ4n) is 1.80. The monoisotopic (exact) mass is 304 g/mol. The quantitative estimate of drug-likeness (QED) is 0.849. The Morgan fingerprint density at radius 1 is 1.42 bits per heavy atom. The Morgan fingerprint density at radius 2 is 2.05 bits per heavy atom. The van der Waals surface area contributed by atoms with Crippen LogP contribution in [-0.2, 0) is 11.2 Å². The van der Waals surface area contributed by atoms with Crippen LogP contribution in [0.1, 0.15) is 36.9 Å². The number of carbonyl (C=O) groups excluding carboxylic acids is 1. The second-order valence-corrected chi connectivity index (χ2v) is 6.41. The van der Waals surface area contributed by atoms with Crippen LogP contribution in [0.3, 0.4) is 0 Å². The zero-order chi connectivity index (χ0) is 13.7. The zero-order valence-electron chi connectivity index (χ0n) is 12.1. The van der Waals surface area contributed by atoms with Crippen molar-refractivity contribution in [3.63, 3.8) is 0 Å². The number of amides is 1. The number of halogens is 1. The SMILES string of the molecule is CCC(C)C(N)C(=O)NC(C)Cc1ccc(C)s1.Cl. The van der Waals surface area contributed by atoms with Gasteiger partial charge in [-0.25, -0.2) is 0 Å². The Hall–Kier alpha value is -0.580. The van der Waals surface area contributed by atoms with E-state index in [1.807, 2.05) is 13.8 Å². The van der Waals surface area contributed by atoms with Gasteiger partial charge in [0, 0.05) is 22.2 Å². The molecule has 1 aromatic rings. The summed E-state index contributed by atoms with van der Waals surface area (Å²) in [4.78, 5) is 14.5. The summed E-state index contributed by atoms with van der Waals surface area (Å²) in [5.41, 5.74) is 5.91. The molecule has 110 valence electrons. The van der Waals surface area contributed by atoms with Gasteiger partial charge < -0.3 is 11.1 Å². The standard InChI is InChI=1S/C14H24N2OS.ClH/c1-5-9(2)13(15)14(17)16-10(3)8-12-7-6-11(4)18-12;/h6-7,9-10,13H,5,8,15H2,1-4H3,(H,16,17);1H. The lowest BCUT2D eigenvalue weighted by Gasteiger charge is -2.20. The first-order chi connectivity index (χ1) is 8.43. The number of hydrogen-bond donors (Lipinski definition) is 2. The fourth-order valence-corrected chi connectivity index (χ4v) is 2.82. The van der Waals surface area contributed by atoms with Gasteiger partial charge in [0.05, 0.1) is 6.04 Å². The lowest BCUT2D eigenvalue weighted by molar-refractivity contribution is -0.124. The minimum atomic E-state index is -0.400. The van der Waals surface area contributed by atoms with Gasteiger partial charge in [-0.15, -0.1) is 23.7 Å². The van der Waals surface area contributed by atoms with Crippen LogP contribution in [-0.4, -0.2) is 18.0 Å². The summed E-state index contributed by atoms with van der Waals surface area (Å²) in [6.07, 6.45) is 1.80. The summed E-state index contributed by atoms with van der Waals surface area (Å²) >= 11 is 1.78. The van der Waals surface area contributed by atoms with Gasteiger partial charge >= 0.3 is 0 Å². The largest absolute Gasteiger partial charge is 0.352 e. The van der Waals surface area contributed by atoms with Gasteiger partial charge in [0.25, 0.3) is 0 Å². The predicted octanol–water partition coefficient (Wildman–Crippen LogP) is 2.90. The maximum Gasteiger partial charge on any atom is 0.237 e. The van der Waals surface area contributed by atoms with Gasteiger partial charge in [-0.3, -0.25) is 4.79 Å². The molecule has 1 aromatic heterocycles. The molecule has 0 bridgehead atoms. The molecule has 0 saturated heterocycles. The summed E-state index contributed by atoms with van der Waals surface area (Å²) in [7, 11) is 0. The van der Waals surface area contributed by atoms with Crippen LogP contribution >= 0.6 is 23.7 Å². The molecule has 19 heavy (non-hydrogen) atoms. The van der Waals surface area contributed by atoms with Crippen LogP contribution in [0.15, 0.2) is 12.1 Å². The highest BCUT2D eigenvalue weighted by atomic mass is 35.5. The molecule has 0 radical (unpaired) electrons. The third kappa shape index (κ3) is 5.93. The first-order valence-corrected chi connectivity index (χ1v) is 7.37. The third-order valence-electron chi connectivity index (χ3n) is 3.25. The Bertz CT molecular complexity index is 395. The van der Waals surface area contributed by atoms with Crippen molar-refractivity contribution in [3.05, 3.63) is 21.9 Å². The maximum atomic E-state index is 11.9. The van der Waals surface area contributed by atoms with Gasteiger partial charge in [0.2, 0.25) is 5.91 Å². The molecule has 0 saturated carbocycles.